The van der Waals surface area contributed by atoms with E-state index in [1.165, 1.54) is 5.69 Å². The van der Waals surface area contributed by atoms with Crippen molar-refractivity contribution in [3.63, 3.8) is 0 Å². The molecule has 0 bridgehead atoms. The summed E-state index contributed by atoms with van der Waals surface area (Å²) in [5.41, 5.74) is 2.14. The minimum Gasteiger partial charge on any atom is -0.343 e. The Labute approximate surface area is 106 Å². The van der Waals surface area contributed by atoms with Gasteiger partial charge < -0.3 is 9.88 Å². The van der Waals surface area contributed by atoms with Gasteiger partial charge in [-0.1, -0.05) is 0 Å². The van der Waals surface area contributed by atoms with Crippen molar-refractivity contribution in [2.24, 2.45) is 0 Å². The third-order valence-corrected chi connectivity index (χ3v) is 3.72. The van der Waals surface area contributed by atoms with Crippen LogP contribution in [0.2, 0.25) is 0 Å². The first kappa shape index (κ1) is 11.3. The number of likely N-dealkylation sites (tertiary alicyclic amines) is 1. The monoisotopic (exact) mass is 243 g/mol. The molecule has 0 aliphatic carbocycles. The van der Waals surface area contributed by atoms with Gasteiger partial charge in [-0.15, -0.1) is 0 Å². The molecule has 94 valence electrons. The molecular weight excluding hydrogens is 226 g/mol. The molecule has 0 aromatic carbocycles. The van der Waals surface area contributed by atoms with Crippen molar-refractivity contribution < 1.29 is 4.79 Å². The summed E-state index contributed by atoms with van der Waals surface area (Å²) in [6.07, 6.45) is 4.01. The highest BCUT2D eigenvalue weighted by atomic mass is 16.2. The minimum atomic E-state index is 0.175. The third-order valence-electron chi connectivity index (χ3n) is 3.72. The molecule has 3 heterocycles. The molecule has 1 aliphatic heterocycles. The van der Waals surface area contributed by atoms with E-state index in [0.29, 0.717) is 5.92 Å². The second kappa shape index (κ2) is 4.44. The van der Waals surface area contributed by atoms with Crippen LogP contribution in [-0.4, -0.2) is 33.9 Å². The van der Waals surface area contributed by atoms with Gasteiger partial charge in [0.1, 0.15) is 5.65 Å². The van der Waals surface area contributed by atoms with Crippen LogP contribution >= 0.6 is 0 Å². The van der Waals surface area contributed by atoms with E-state index in [1.807, 2.05) is 11.0 Å². The second-order valence-electron chi connectivity index (χ2n) is 4.97. The molecule has 18 heavy (non-hydrogen) atoms. The van der Waals surface area contributed by atoms with Crippen molar-refractivity contribution in [3.8, 4) is 0 Å². The molecule has 0 saturated carbocycles. The Morgan fingerprint density at radius 3 is 3.22 bits per heavy atom. The molecule has 1 saturated heterocycles. The first-order valence-corrected chi connectivity index (χ1v) is 6.43. The molecule has 3 rings (SSSR count). The molecule has 0 unspecified atom stereocenters. The number of aromatic nitrogens is 2. The van der Waals surface area contributed by atoms with Gasteiger partial charge in [0.2, 0.25) is 5.91 Å². The standard InChI is InChI=1S/C14H17N3O/c1-10(18)17-7-3-5-12(9-17)13-8-11-4-2-6-15-14(11)16-13/h2,4,6,8,12H,3,5,7,9H2,1H3,(H,15,16)/t12-/m0/s1. The summed E-state index contributed by atoms with van der Waals surface area (Å²) in [5.74, 6) is 0.589. The first-order chi connectivity index (χ1) is 8.74. The van der Waals surface area contributed by atoms with E-state index >= 15 is 0 Å². The van der Waals surface area contributed by atoms with Gasteiger partial charge >= 0.3 is 0 Å². The number of rotatable bonds is 1. The highest BCUT2D eigenvalue weighted by molar-refractivity contribution is 5.76. The number of carbonyl (C=O) groups excluding carboxylic acids is 1. The maximum absolute atomic E-state index is 11.5. The van der Waals surface area contributed by atoms with Crippen molar-refractivity contribution in [3.05, 3.63) is 30.1 Å². The van der Waals surface area contributed by atoms with E-state index in [2.05, 4.69) is 22.1 Å². The minimum absolute atomic E-state index is 0.175. The van der Waals surface area contributed by atoms with E-state index < -0.39 is 0 Å². The number of aromatic amines is 1. The van der Waals surface area contributed by atoms with E-state index in [4.69, 9.17) is 0 Å². The first-order valence-electron chi connectivity index (χ1n) is 6.43. The van der Waals surface area contributed by atoms with Gasteiger partial charge in [0.05, 0.1) is 0 Å². The number of hydrogen-bond donors (Lipinski definition) is 1. The molecule has 0 spiro atoms. The summed E-state index contributed by atoms with van der Waals surface area (Å²) in [6.45, 7) is 3.36. The van der Waals surface area contributed by atoms with Crippen molar-refractivity contribution in [1.82, 2.24) is 14.9 Å². The third kappa shape index (κ3) is 1.98. The number of hydrogen-bond acceptors (Lipinski definition) is 2. The van der Waals surface area contributed by atoms with Gasteiger partial charge in [0, 0.05) is 43.2 Å². The molecule has 1 atom stereocenters. The Morgan fingerprint density at radius 2 is 2.44 bits per heavy atom. The fourth-order valence-electron chi connectivity index (χ4n) is 2.72. The Kier molecular flexibility index (Phi) is 2.78. The molecule has 1 N–H and O–H groups in total. The number of amides is 1. The Bertz CT molecular complexity index is 542. The Balaban J connectivity index is 1.87. The lowest BCUT2D eigenvalue weighted by atomic mass is 9.95. The van der Waals surface area contributed by atoms with Gasteiger partial charge in [0.15, 0.2) is 0 Å². The largest absolute Gasteiger partial charge is 0.343 e. The number of H-pyrrole nitrogens is 1. The fourth-order valence-corrected chi connectivity index (χ4v) is 2.72. The van der Waals surface area contributed by atoms with Crippen LogP contribution in [0.5, 0.6) is 0 Å². The highest BCUT2D eigenvalue weighted by Gasteiger charge is 2.23. The zero-order valence-corrected chi connectivity index (χ0v) is 10.5. The lowest BCUT2D eigenvalue weighted by Crippen LogP contribution is -2.37. The van der Waals surface area contributed by atoms with Gasteiger partial charge in [0.25, 0.3) is 0 Å². The lowest BCUT2D eigenvalue weighted by molar-refractivity contribution is -0.130. The van der Waals surface area contributed by atoms with Crippen LogP contribution in [0.15, 0.2) is 24.4 Å². The van der Waals surface area contributed by atoms with Crippen LogP contribution < -0.4 is 0 Å². The lowest BCUT2D eigenvalue weighted by Gasteiger charge is -2.31. The predicted octanol–water partition coefficient (Wildman–Crippen LogP) is 2.29. The van der Waals surface area contributed by atoms with Gasteiger partial charge in [-0.25, -0.2) is 4.98 Å². The number of nitrogens with zero attached hydrogens (tertiary/aromatic N) is 2. The van der Waals surface area contributed by atoms with Crippen molar-refractivity contribution in [1.29, 1.82) is 0 Å². The zero-order chi connectivity index (χ0) is 12.5. The summed E-state index contributed by atoms with van der Waals surface area (Å²) >= 11 is 0. The van der Waals surface area contributed by atoms with E-state index in [-0.39, 0.29) is 5.91 Å². The molecule has 0 radical (unpaired) electrons. The fraction of sp³-hybridized carbons (Fsp3) is 0.429. The summed E-state index contributed by atoms with van der Waals surface area (Å²) < 4.78 is 0. The molecule has 2 aromatic heterocycles. The molecule has 1 fully saturated rings. The van der Waals surface area contributed by atoms with Crippen LogP contribution in [-0.2, 0) is 4.79 Å². The van der Waals surface area contributed by atoms with Crippen molar-refractivity contribution in [2.45, 2.75) is 25.7 Å². The molecule has 4 nitrogen and oxygen atoms in total. The smallest absolute Gasteiger partial charge is 0.219 e. The van der Waals surface area contributed by atoms with Crippen LogP contribution in [0.1, 0.15) is 31.4 Å². The highest BCUT2D eigenvalue weighted by Crippen LogP contribution is 2.28. The van der Waals surface area contributed by atoms with Crippen LogP contribution in [0, 0.1) is 0 Å². The van der Waals surface area contributed by atoms with E-state index in [9.17, 15) is 4.79 Å². The van der Waals surface area contributed by atoms with Gasteiger partial charge in [-0.2, -0.15) is 0 Å². The number of fused-ring (bicyclic) bond motifs is 1. The van der Waals surface area contributed by atoms with Crippen molar-refractivity contribution in [2.75, 3.05) is 13.1 Å². The van der Waals surface area contributed by atoms with Crippen LogP contribution in [0.25, 0.3) is 11.0 Å². The van der Waals surface area contributed by atoms with Gasteiger partial charge in [-0.05, 0) is 31.0 Å². The van der Waals surface area contributed by atoms with Gasteiger partial charge in [-0.3, -0.25) is 4.79 Å². The van der Waals surface area contributed by atoms with Crippen LogP contribution in [0.3, 0.4) is 0 Å². The van der Waals surface area contributed by atoms with Crippen molar-refractivity contribution >= 4 is 16.9 Å². The summed E-state index contributed by atoms with van der Waals surface area (Å²) in [4.78, 5) is 21.1. The molecule has 1 amide bonds. The quantitative estimate of drug-likeness (QED) is 0.835. The summed E-state index contributed by atoms with van der Waals surface area (Å²) in [7, 11) is 0. The number of carbonyl (C=O) groups is 1. The molecule has 4 heteroatoms. The number of piperidine rings is 1. The van der Waals surface area contributed by atoms with E-state index in [1.54, 1.807) is 13.1 Å². The molecule has 2 aromatic rings. The average Bonchev–Trinajstić information content (AvgIpc) is 2.82. The SMILES string of the molecule is CC(=O)N1CCC[C@H](c2cc3cccnc3[nH]2)C1. The average molecular weight is 243 g/mol. The predicted molar refractivity (Wildman–Crippen MR) is 70.3 cm³/mol. The topological polar surface area (TPSA) is 49.0 Å². The second-order valence-corrected chi connectivity index (χ2v) is 4.97. The molecular formula is C14H17N3O. The number of nitrogens with one attached hydrogen (secondary N) is 1. The Hall–Kier alpha value is -1.84. The van der Waals surface area contributed by atoms with E-state index in [0.717, 1.165) is 37.0 Å². The normalized spacial score (nSPS) is 20.3. The zero-order valence-electron chi connectivity index (χ0n) is 10.5. The Morgan fingerprint density at radius 1 is 1.56 bits per heavy atom. The molecule has 1 aliphatic rings. The summed E-state index contributed by atoms with van der Waals surface area (Å²) in [6, 6.07) is 6.17. The number of pyridine rings is 1. The van der Waals surface area contributed by atoms with Crippen LogP contribution in [0.4, 0.5) is 0 Å². The maximum Gasteiger partial charge on any atom is 0.219 e. The maximum atomic E-state index is 11.5. The summed E-state index contributed by atoms with van der Waals surface area (Å²) in [5, 5.41) is 1.15.